The van der Waals surface area contributed by atoms with Crippen LogP contribution in [0.4, 0.5) is 5.69 Å². The molecular weight excluding hydrogens is 296 g/mol. The third kappa shape index (κ3) is 2.35. The van der Waals surface area contributed by atoms with E-state index in [1.165, 1.54) is 11.1 Å². The Morgan fingerprint density at radius 1 is 0.958 bits per heavy atom. The average molecular weight is 320 g/mol. The van der Waals surface area contributed by atoms with Crippen molar-refractivity contribution in [3.05, 3.63) is 65.7 Å². The van der Waals surface area contributed by atoms with E-state index in [0.717, 1.165) is 44.7 Å². The number of anilines is 1. The van der Waals surface area contributed by atoms with Crippen molar-refractivity contribution >= 4 is 11.6 Å². The largest absolute Gasteiger partial charge is 0.312 e. The van der Waals surface area contributed by atoms with Crippen molar-refractivity contribution in [2.24, 2.45) is 0 Å². The summed E-state index contributed by atoms with van der Waals surface area (Å²) in [6.45, 7) is 5.76. The van der Waals surface area contributed by atoms with Gasteiger partial charge in [-0.15, -0.1) is 0 Å². The van der Waals surface area contributed by atoms with Gasteiger partial charge < -0.3 is 4.90 Å². The Labute approximate surface area is 143 Å². The van der Waals surface area contributed by atoms with Gasteiger partial charge in [-0.2, -0.15) is 0 Å². The van der Waals surface area contributed by atoms with Crippen LogP contribution in [0.25, 0.3) is 0 Å². The molecular formula is C21H24N2O. The maximum atomic E-state index is 13.1. The van der Waals surface area contributed by atoms with Gasteiger partial charge in [-0.05, 0) is 50.0 Å². The monoisotopic (exact) mass is 320 g/mol. The third-order valence-electron chi connectivity index (χ3n) is 5.64. The Balaban J connectivity index is 1.55. The predicted molar refractivity (Wildman–Crippen MR) is 97.1 cm³/mol. The number of carbonyl (C=O) groups excluding carboxylic acids is 1. The van der Waals surface area contributed by atoms with E-state index in [0.29, 0.717) is 5.91 Å². The zero-order valence-corrected chi connectivity index (χ0v) is 14.2. The molecule has 2 aliphatic rings. The van der Waals surface area contributed by atoms with Gasteiger partial charge in [-0.25, -0.2) is 0 Å². The Morgan fingerprint density at radius 3 is 2.33 bits per heavy atom. The van der Waals surface area contributed by atoms with E-state index in [9.17, 15) is 4.79 Å². The molecule has 124 valence electrons. The summed E-state index contributed by atoms with van der Waals surface area (Å²) < 4.78 is 0. The fourth-order valence-corrected chi connectivity index (χ4v) is 4.33. The molecule has 1 fully saturated rings. The van der Waals surface area contributed by atoms with E-state index < -0.39 is 0 Å². The van der Waals surface area contributed by atoms with Gasteiger partial charge in [0.2, 0.25) is 5.91 Å². The highest BCUT2D eigenvalue weighted by Gasteiger charge is 2.51. The summed E-state index contributed by atoms with van der Waals surface area (Å²) in [7, 11) is 0. The van der Waals surface area contributed by atoms with Crippen molar-refractivity contribution in [1.82, 2.24) is 4.90 Å². The summed E-state index contributed by atoms with van der Waals surface area (Å²) >= 11 is 0. The van der Waals surface area contributed by atoms with Crippen LogP contribution in [0.1, 0.15) is 30.9 Å². The maximum Gasteiger partial charge on any atom is 0.237 e. The molecule has 1 spiro atoms. The minimum absolute atomic E-state index is 0.292. The highest BCUT2D eigenvalue weighted by molar-refractivity contribution is 6.08. The first-order valence-corrected chi connectivity index (χ1v) is 8.92. The quantitative estimate of drug-likeness (QED) is 0.863. The molecule has 0 atom stereocenters. The van der Waals surface area contributed by atoms with Gasteiger partial charge in [-0.1, -0.05) is 48.5 Å². The number of hydrogen-bond acceptors (Lipinski definition) is 2. The molecule has 0 unspecified atom stereocenters. The molecule has 1 amide bonds. The summed E-state index contributed by atoms with van der Waals surface area (Å²) in [5.74, 6) is 0.311. The number of rotatable bonds is 3. The van der Waals surface area contributed by atoms with Crippen LogP contribution >= 0.6 is 0 Å². The predicted octanol–water partition coefficient (Wildman–Crippen LogP) is 3.59. The lowest BCUT2D eigenvalue weighted by Crippen LogP contribution is -2.48. The first-order chi connectivity index (χ1) is 11.7. The molecule has 3 heteroatoms. The number of nitrogens with zero attached hydrogens (tertiary/aromatic N) is 2. The van der Waals surface area contributed by atoms with Crippen LogP contribution in [0.15, 0.2) is 54.6 Å². The molecule has 2 aromatic rings. The zero-order chi connectivity index (χ0) is 16.6. The molecule has 0 N–H and O–H groups in total. The van der Waals surface area contributed by atoms with Crippen molar-refractivity contribution in [3.63, 3.8) is 0 Å². The summed E-state index contributed by atoms with van der Waals surface area (Å²) in [5.41, 5.74) is 3.43. The van der Waals surface area contributed by atoms with Gasteiger partial charge in [0.25, 0.3) is 0 Å². The number of benzene rings is 2. The number of piperidine rings is 1. The SMILES string of the molecule is CCN1C(=O)C2(CCN(Cc3ccccc3)CC2)c2ccccc21. The van der Waals surface area contributed by atoms with E-state index in [1.54, 1.807) is 0 Å². The number of amides is 1. The topological polar surface area (TPSA) is 23.6 Å². The summed E-state index contributed by atoms with van der Waals surface area (Å²) in [6, 6.07) is 19.0. The third-order valence-corrected chi connectivity index (χ3v) is 5.64. The lowest BCUT2D eigenvalue weighted by molar-refractivity contribution is -0.124. The fraction of sp³-hybridized carbons (Fsp3) is 0.381. The van der Waals surface area contributed by atoms with E-state index in [4.69, 9.17) is 0 Å². The van der Waals surface area contributed by atoms with Gasteiger partial charge in [0.05, 0.1) is 5.41 Å². The first-order valence-electron chi connectivity index (χ1n) is 8.92. The molecule has 1 saturated heterocycles. The Hall–Kier alpha value is -2.13. The lowest BCUT2D eigenvalue weighted by atomic mass is 9.73. The second kappa shape index (κ2) is 6.06. The number of para-hydroxylation sites is 1. The molecule has 24 heavy (non-hydrogen) atoms. The zero-order valence-electron chi connectivity index (χ0n) is 14.2. The Bertz CT molecular complexity index is 733. The summed E-state index contributed by atoms with van der Waals surface area (Å²) in [6.07, 6.45) is 1.85. The lowest BCUT2D eigenvalue weighted by Gasteiger charge is -2.38. The van der Waals surface area contributed by atoms with Crippen molar-refractivity contribution in [2.45, 2.75) is 31.7 Å². The molecule has 2 aromatic carbocycles. The number of likely N-dealkylation sites (N-methyl/N-ethyl adjacent to an activating group) is 1. The number of likely N-dealkylation sites (tertiary alicyclic amines) is 1. The van der Waals surface area contributed by atoms with Crippen LogP contribution in [0.2, 0.25) is 0 Å². The van der Waals surface area contributed by atoms with E-state index >= 15 is 0 Å². The van der Waals surface area contributed by atoms with Gasteiger partial charge in [0.15, 0.2) is 0 Å². The van der Waals surface area contributed by atoms with Gasteiger partial charge >= 0.3 is 0 Å². The van der Waals surface area contributed by atoms with Crippen LogP contribution in [-0.2, 0) is 16.8 Å². The van der Waals surface area contributed by atoms with E-state index in [-0.39, 0.29) is 5.41 Å². The molecule has 2 aliphatic heterocycles. The Kier molecular flexibility index (Phi) is 3.89. The van der Waals surface area contributed by atoms with Gasteiger partial charge in [0.1, 0.15) is 0 Å². The molecule has 2 heterocycles. The standard InChI is InChI=1S/C21H24N2O/c1-2-23-19-11-7-6-10-18(19)21(20(23)24)12-14-22(15-13-21)16-17-8-4-3-5-9-17/h3-11H,2,12-16H2,1H3. The van der Waals surface area contributed by atoms with Crippen molar-refractivity contribution in [1.29, 1.82) is 0 Å². The second-order valence-electron chi connectivity index (χ2n) is 6.91. The van der Waals surface area contributed by atoms with Crippen LogP contribution in [0.3, 0.4) is 0 Å². The molecule has 0 aliphatic carbocycles. The molecule has 0 saturated carbocycles. The summed E-state index contributed by atoms with van der Waals surface area (Å²) in [4.78, 5) is 17.6. The van der Waals surface area contributed by atoms with Gasteiger partial charge in [0, 0.05) is 18.8 Å². The van der Waals surface area contributed by atoms with Crippen molar-refractivity contribution < 1.29 is 4.79 Å². The maximum absolute atomic E-state index is 13.1. The van der Waals surface area contributed by atoms with E-state index in [2.05, 4.69) is 60.4 Å². The van der Waals surface area contributed by atoms with Gasteiger partial charge in [-0.3, -0.25) is 9.69 Å². The van der Waals surface area contributed by atoms with Crippen molar-refractivity contribution in [2.75, 3.05) is 24.5 Å². The minimum Gasteiger partial charge on any atom is -0.312 e. The summed E-state index contributed by atoms with van der Waals surface area (Å²) in [5, 5.41) is 0. The smallest absolute Gasteiger partial charge is 0.237 e. The van der Waals surface area contributed by atoms with Crippen LogP contribution in [-0.4, -0.2) is 30.4 Å². The van der Waals surface area contributed by atoms with Crippen molar-refractivity contribution in [3.8, 4) is 0 Å². The second-order valence-corrected chi connectivity index (χ2v) is 6.91. The number of carbonyl (C=O) groups is 1. The number of hydrogen-bond donors (Lipinski definition) is 0. The van der Waals surface area contributed by atoms with Crippen LogP contribution < -0.4 is 4.90 Å². The highest BCUT2D eigenvalue weighted by atomic mass is 16.2. The van der Waals surface area contributed by atoms with Crippen LogP contribution in [0.5, 0.6) is 0 Å². The average Bonchev–Trinajstić information content (AvgIpc) is 2.86. The number of fused-ring (bicyclic) bond motifs is 2. The fourth-order valence-electron chi connectivity index (χ4n) is 4.33. The molecule has 0 radical (unpaired) electrons. The molecule has 4 rings (SSSR count). The Morgan fingerprint density at radius 2 is 1.62 bits per heavy atom. The first kappa shape index (κ1) is 15.4. The molecule has 0 aromatic heterocycles. The van der Waals surface area contributed by atoms with Crippen LogP contribution in [0, 0.1) is 0 Å². The van der Waals surface area contributed by atoms with E-state index in [1.807, 2.05) is 11.0 Å². The molecule has 3 nitrogen and oxygen atoms in total. The minimum atomic E-state index is -0.292. The highest BCUT2D eigenvalue weighted by Crippen LogP contribution is 2.47. The normalized spacial score (nSPS) is 19.7. The molecule has 0 bridgehead atoms.